The van der Waals surface area contributed by atoms with E-state index in [1.165, 1.54) is 5.56 Å². The van der Waals surface area contributed by atoms with Crippen LogP contribution in [0, 0.1) is 0 Å². The van der Waals surface area contributed by atoms with Gasteiger partial charge in [-0.3, -0.25) is 10.1 Å². The van der Waals surface area contributed by atoms with E-state index in [4.69, 9.17) is 5.11 Å². The van der Waals surface area contributed by atoms with Gasteiger partial charge < -0.3 is 10.0 Å². The van der Waals surface area contributed by atoms with Gasteiger partial charge in [-0.2, -0.15) is 0 Å². The third-order valence-electron chi connectivity index (χ3n) is 3.25. The predicted molar refractivity (Wildman–Crippen MR) is 75.5 cm³/mol. The Morgan fingerprint density at radius 1 is 1.14 bits per heavy atom. The van der Waals surface area contributed by atoms with Crippen molar-refractivity contribution < 1.29 is 19.5 Å². The van der Waals surface area contributed by atoms with Crippen LogP contribution in [0.15, 0.2) is 36.4 Å². The van der Waals surface area contributed by atoms with Crippen LogP contribution >= 0.6 is 0 Å². The van der Waals surface area contributed by atoms with E-state index in [0.29, 0.717) is 19.2 Å². The topological polar surface area (TPSA) is 86.7 Å². The second-order valence-corrected chi connectivity index (χ2v) is 4.76. The van der Waals surface area contributed by atoms with Crippen molar-refractivity contribution in [1.82, 2.24) is 10.2 Å². The van der Waals surface area contributed by atoms with E-state index in [9.17, 15) is 14.4 Å². The molecule has 21 heavy (non-hydrogen) atoms. The molecule has 0 saturated carbocycles. The molecule has 0 saturated heterocycles. The molecule has 1 aliphatic rings. The second-order valence-electron chi connectivity index (χ2n) is 4.76. The van der Waals surface area contributed by atoms with E-state index in [1.807, 2.05) is 24.3 Å². The van der Waals surface area contributed by atoms with E-state index in [-0.39, 0.29) is 0 Å². The molecule has 1 heterocycles. The van der Waals surface area contributed by atoms with Crippen molar-refractivity contribution in [3.05, 3.63) is 47.5 Å². The summed E-state index contributed by atoms with van der Waals surface area (Å²) in [6, 6.07) is 7.38. The Hall–Kier alpha value is -2.63. The maximum absolute atomic E-state index is 12.0. The molecular weight excluding hydrogens is 272 g/mol. The fraction of sp³-hybridized carbons (Fsp3) is 0.267. The average molecular weight is 288 g/mol. The van der Waals surface area contributed by atoms with Crippen molar-refractivity contribution in [1.29, 1.82) is 0 Å². The molecule has 0 aliphatic carbocycles. The van der Waals surface area contributed by atoms with E-state index < -0.39 is 17.9 Å². The summed E-state index contributed by atoms with van der Waals surface area (Å²) >= 11 is 0. The van der Waals surface area contributed by atoms with Crippen LogP contribution < -0.4 is 5.32 Å². The molecule has 6 heteroatoms. The molecule has 0 unspecified atom stereocenters. The Morgan fingerprint density at radius 3 is 2.57 bits per heavy atom. The van der Waals surface area contributed by atoms with Crippen molar-refractivity contribution >= 4 is 17.9 Å². The molecule has 0 fully saturated rings. The summed E-state index contributed by atoms with van der Waals surface area (Å²) in [6.07, 6.45) is 3.24. The number of carboxylic acid groups (broad SMARTS) is 1. The van der Waals surface area contributed by atoms with Crippen molar-refractivity contribution in [3.8, 4) is 0 Å². The zero-order chi connectivity index (χ0) is 15.2. The molecule has 0 spiro atoms. The molecule has 1 aromatic rings. The molecule has 1 aliphatic heterocycles. The molecule has 110 valence electrons. The fourth-order valence-corrected chi connectivity index (χ4v) is 2.25. The highest BCUT2D eigenvalue weighted by molar-refractivity contribution is 6.02. The van der Waals surface area contributed by atoms with Crippen LogP contribution in [0.3, 0.4) is 0 Å². The Bertz CT molecular complexity index is 595. The molecule has 2 rings (SSSR count). The number of urea groups is 1. The molecule has 0 aromatic heterocycles. The number of carboxylic acids is 1. The highest BCUT2D eigenvalue weighted by atomic mass is 16.4. The predicted octanol–water partition coefficient (Wildman–Crippen LogP) is 1.31. The third kappa shape index (κ3) is 4.17. The lowest BCUT2D eigenvalue weighted by Crippen LogP contribution is -2.42. The fourth-order valence-electron chi connectivity index (χ4n) is 2.25. The number of aryl methyl sites for hydroxylation is 1. The number of carbonyl (C=O) groups excluding carboxylic acids is 2. The Balaban J connectivity index is 2.00. The third-order valence-corrected chi connectivity index (χ3v) is 3.25. The normalized spacial score (nSPS) is 14.4. The van der Waals surface area contributed by atoms with Crippen LogP contribution in [0.1, 0.15) is 17.5 Å². The Labute approximate surface area is 122 Å². The summed E-state index contributed by atoms with van der Waals surface area (Å²) in [5, 5.41) is 10.6. The maximum atomic E-state index is 12.0. The van der Waals surface area contributed by atoms with Gasteiger partial charge in [0.25, 0.3) is 5.91 Å². The quantitative estimate of drug-likeness (QED) is 0.803. The Kier molecular flexibility index (Phi) is 4.71. The van der Waals surface area contributed by atoms with Gasteiger partial charge in [0.2, 0.25) is 0 Å². The van der Waals surface area contributed by atoms with Gasteiger partial charge in [0, 0.05) is 25.2 Å². The van der Waals surface area contributed by atoms with Crippen LogP contribution in [0.2, 0.25) is 0 Å². The molecule has 3 amide bonds. The number of imide groups is 1. The van der Waals surface area contributed by atoms with Crippen LogP contribution in [0.4, 0.5) is 4.79 Å². The van der Waals surface area contributed by atoms with Gasteiger partial charge >= 0.3 is 12.0 Å². The lowest BCUT2D eigenvalue weighted by Gasteiger charge is -2.20. The summed E-state index contributed by atoms with van der Waals surface area (Å²) in [6.45, 7) is 0.994. The Morgan fingerprint density at radius 2 is 1.86 bits per heavy atom. The van der Waals surface area contributed by atoms with E-state index in [1.54, 1.807) is 4.90 Å². The standard InChI is InChI=1S/C15H16N2O4/c18-13(7-8-14(19)20)16-15(21)17-9-3-6-11-4-1-2-5-12(11)10-17/h1-2,4-5,7-8H,3,6,9-10H2,(H,19,20)(H,16,18,21). The number of fused-ring (bicyclic) bond motifs is 1. The minimum Gasteiger partial charge on any atom is -0.478 e. The largest absolute Gasteiger partial charge is 0.478 e. The highest BCUT2D eigenvalue weighted by Gasteiger charge is 2.19. The zero-order valence-electron chi connectivity index (χ0n) is 11.4. The lowest BCUT2D eigenvalue weighted by atomic mass is 10.0. The van der Waals surface area contributed by atoms with E-state index in [2.05, 4.69) is 5.32 Å². The van der Waals surface area contributed by atoms with Gasteiger partial charge in [0.05, 0.1) is 0 Å². The number of aliphatic carboxylic acids is 1. The van der Waals surface area contributed by atoms with Gasteiger partial charge in [-0.05, 0) is 24.0 Å². The number of benzene rings is 1. The first kappa shape index (κ1) is 14.8. The first-order chi connectivity index (χ1) is 10.1. The molecule has 0 radical (unpaired) electrons. The molecule has 0 bridgehead atoms. The van der Waals surface area contributed by atoms with Gasteiger partial charge in [0.1, 0.15) is 0 Å². The average Bonchev–Trinajstić information content (AvgIpc) is 2.67. The monoisotopic (exact) mass is 288 g/mol. The van der Waals surface area contributed by atoms with Gasteiger partial charge in [0.15, 0.2) is 0 Å². The van der Waals surface area contributed by atoms with Crippen LogP contribution in [0.25, 0.3) is 0 Å². The number of nitrogens with one attached hydrogen (secondary N) is 1. The van der Waals surface area contributed by atoms with Crippen LogP contribution in [-0.4, -0.2) is 34.5 Å². The minimum atomic E-state index is -1.23. The molecular formula is C15H16N2O4. The maximum Gasteiger partial charge on any atom is 0.328 e. The highest BCUT2D eigenvalue weighted by Crippen LogP contribution is 2.18. The number of carbonyl (C=O) groups is 3. The van der Waals surface area contributed by atoms with Crippen LogP contribution in [0.5, 0.6) is 0 Å². The summed E-state index contributed by atoms with van der Waals surface area (Å²) < 4.78 is 0. The molecule has 6 nitrogen and oxygen atoms in total. The number of rotatable bonds is 2. The van der Waals surface area contributed by atoms with Crippen molar-refractivity contribution in [2.75, 3.05) is 6.54 Å². The smallest absolute Gasteiger partial charge is 0.328 e. The first-order valence-electron chi connectivity index (χ1n) is 6.64. The number of amides is 3. The number of hydrogen-bond acceptors (Lipinski definition) is 3. The van der Waals surface area contributed by atoms with Crippen molar-refractivity contribution in [3.63, 3.8) is 0 Å². The van der Waals surface area contributed by atoms with Crippen molar-refractivity contribution in [2.45, 2.75) is 19.4 Å². The lowest BCUT2D eigenvalue weighted by molar-refractivity contribution is -0.131. The van der Waals surface area contributed by atoms with E-state index >= 15 is 0 Å². The van der Waals surface area contributed by atoms with Gasteiger partial charge in [-0.25, -0.2) is 9.59 Å². The first-order valence-corrected chi connectivity index (χ1v) is 6.64. The zero-order valence-corrected chi connectivity index (χ0v) is 11.4. The number of nitrogens with zero attached hydrogens (tertiary/aromatic N) is 1. The number of hydrogen-bond donors (Lipinski definition) is 2. The molecule has 1 aromatic carbocycles. The van der Waals surface area contributed by atoms with E-state index in [0.717, 1.165) is 24.5 Å². The summed E-state index contributed by atoms with van der Waals surface area (Å²) in [5.41, 5.74) is 2.28. The van der Waals surface area contributed by atoms with Gasteiger partial charge in [-0.1, -0.05) is 24.3 Å². The summed E-state index contributed by atoms with van der Waals surface area (Å²) in [4.78, 5) is 35.3. The van der Waals surface area contributed by atoms with Gasteiger partial charge in [-0.15, -0.1) is 0 Å². The second kappa shape index (κ2) is 6.69. The van der Waals surface area contributed by atoms with Crippen molar-refractivity contribution in [2.24, 2.45) is 0 Å². The summed E-state index contributed by atoms with van der Waals surface area (Å²) in [5.74, 6) is -1.97. The van der Waals surface area contributed by atoms with Crippen LogP contribution in [-0.2, 0) is 22.6 Å². The molecule has 0 atom stereocenters. The summed E-state index contributed by atoms with van der Waals surface area (Å²) in [7, 11) is 0. The minimum absolute atomic E-state index is 0.442. The SMILES string of the molecule is O=C(O)C=CC(=O)NC(=O)N1CCCc2ccccc2C1. The molecule has 2 N–H and O–H groups in total.